The van der Waals surface area contributed by atoms with Crippen LogP contribution in [-0.2, 0) is 30.2 Å². The minimum absolute atomic E-state index is 0.0931. The van der Waals surface area contributed by atoms with Crippen molar-refractivity contribution in [1.82, 2.24) is 53.1 Å². The first-order chi connectivity index (χ1) is 64.6. The Kier molecular flexibility index (Phi) is 31.4. The second-order valence-corrected chi connectivity index (χ2v) is 31.7. The molecule has 1 unspecified atom stereocenters. The van der Waals surface area contributed by atoms with E-state index < -0.39 is 46.7 Å². The Bertz CT molecular complexity index is 6750. The molecule has 16 rings (SSSR count). The second kappa shape index (κ2) is 43.5. The zero-order chi connectivity index (χ0) is 97.1. The Balaban J connectivity index is 0.000000160. The molecule has 1 atom stereocenters. The van der Waals surface area contributed by atoms with Gasteiger partial charge in [0.25, 0.3) is 0 Å². The minimum Gasteiger partial charge on any atom is -0.537 e. The summed E-state index contributed by atoms with van der Waals surface area (Å²) in [5, 5.41) is 19.9. The average Bonchev–Trinajstić information content (AvgIpc) is 1.58. The number of halogens is 3. The molecule has 0 bridgehead atoms. The summed E-state index contributed by atoms with van der Waals surface area (Å²) in [5.41, 5.74) is 22.0. The van der Waals surface area contributed by atoms with Crippen molar-refractivity contribution in [3.8, 4) is 80.2 Å². The summed E-state index contributed by atoms with van der Waals surface area (Å²) < 4.78 is 99.6. The first-order valence-corrected chi connectivity index (χ1v) is 41.5. The number of carbonyl (C=O) groups excluding carboxylic acids is 3. The number of nitrogens with two attached hydrogens (primary N) is 3. The monoisotopic (exact) mass is 1850 g/mol. The molecular weight excluding hydrogens is 1750 g/mol. The number of likely N-dealkylation sites (N-methyl/N-ethyl adjacent to an activating group) is 1. The molecule has 40 heteroatoms. The van der Waals surface area contributed by atoms with Crippen LogP contribution in [0.15, 0.2) is 241 Å². The number of carboxylic acid groups (broad SMARTS) is 1. The third kappa shape index (κ3) is 24.2. The maximum Gasteiger partial charge on any atom is 0.569 e. The number of ether oxygens (including phenoxy) is 9. The lowest BCUT2D eigenvalue weighted by atomic mass is 10.2. The van der Waals surface area contributed by atoms with Gasteiger partial charge in [0.1, 0.15) is 128 Å². The number of aromatic nitrogens is 10. The molecule has 0 saturated carbocycles. The molecule has 3 amide bonds. The summed E-state index contributed by atoms with van der Waals surface area (Å²) in [7, 11) is 12.0. The largest absolute Gasteiger partial charge is 0.569 e. The molecular formula is C95H97BF3N18O18. The molecule has 1 saturated heterocycles. The summed E-state index contributed by atoms with van der Waals surface area (Å²) in [6.45, 7) is 12.9. The molecule has 9 N–H and O–H groups in total. The second-order valence-electron chi connectivity index (χ2n) is 31.7. The first-order valence-electron chi connectivity index (χ1n) is 41.5. The van der Waals surface area contributed by atoms with Gasteiger partial charge in [0.2, 0.25) is 5.91 Å². The number of anilines is 8. The van der Waals surface area contributed by atoms with Crippen LogP contribution in [-0.4, -0.2) is 181 Å². The third-order valence-electron chi connectivity index (χ3n) is 20.1. The highest BCUT2D eigenvalue weighted by Crippen LogP contribution is 2.42. The predicted molar refractivity (Wildman–Crippen MR) is 503 cm³/mol. The lowest BCUT2D eigenvalue weighted by Crippen LogP contribution is -2.34. The zero-order valence-corrected chi connectivity index (χ0v) is 75.7. The summed E-state index contributed by atoms with van der Waals surface area (Å²) in [6.07, 6.45) is 6.75. The highest BCUT2D eigenvalue weighted by molar-refractivity contribution is 6.17. The van der Waals surface area contributed by atoms with Gasteiger partial charge in [-0.3, -0.25) is 33.5 Å². The number of fused-ring (bicyclic) bond motifs is 3. The molecule has 135 heavy (non-hydrogen) atoms. The van der Waals surface area contributed by atoms with Gasteiger partial charge in [-0.15, -0.1) is 0 Å². The quantitative estimate of drug-likeness (QED) is 0.0256. The number of rotatable bonds is 23. The standard InChI is InChI=1S/C30H29FN6O5.C25H21FN6O3.C19H23N5O4.C12H9BFO3.C9H15NO3/c1-30(2,3)42-29(39)35(4)23-16-20(11-14-24(23)40-5)37-27-25(26(32)33-17-34-27)36(28(37)38)19-9-12-21(13-10-19)41-22-8-6-7-18(31)15-22;1-28-20-13-17(8-11-21(20)34-2)32-24-22(23(27)29-14-30-24)31(25(32)33)16-6-9-18(10-7-16)35-19-5-3-4-15(26)12-19;1-19(2,3)28-18(26)23(4)13-8-11(6-7-14(13)27-5)24-15(25)9-12-16(20)21-10-22-17(12)24;14-9-2-1-3-12(8-9)16-10-4-6-11(7-5-10)17-13-15;1-10(5-2-3-9(11)12)8-4-6-13-7-8/h6-17H,1-5H3,(H2,32,33,34);3-14,28H,1-2H3,(H2,27,29,30);6-8,10H,9H2,1-5H3,(H2,20,21,22);1-8,15H;2-3,8H,4-7H2,1H3,(H,11,12)/b;;;;3-2+. The number of carbonyl (C=O) groups is 4. The number of nitrogen functional groups attached to an aromatic ring is 3. The van der Waals surface area contributed by atoms with E-state index in [2.05, 4.69) is 40.1 Å². The van der Waals surface area contributed by atoms with Gasteiger partial charge in [0.05, 0.1) is 79.9 Å². The third-order valence-corrected chi connectivity index (χ3v) is 20.1. The van der Waals surface area contributed by atoms with E-state index in [9.17, 15) is 41.9 Å². The van der Waals surface area contributed by atoms with Crippen LogP contribution >= 0.6 is 0 Å². The van der Waals surface area contributed by atoms with Crippen molar-refractivity contribution in [1.29, 1.82) is 0 Å². The van der Waals surface area contributed by atoms with Crippen LogP contribution in [0.4, 0.5) is 68.8 Å². The van der Waals surface area contributed by atoms with Crippen molar-refractivity contribution >= 4 is 100 Å². The number of aliphatic carboxylic acids is 1. The summed E-state index contributed by atoms with van der Waals surface area (Å²) in [6, 6.07) is 53.3. The molecule has 1 radical (unpaired) electrons. The van der Waals surface area contributed by atoms with Crippen LogP contribution in [0, 0.1) is 17.5 Å². The number of methoxy groups -OCH3 is 3. The van der Waals surface area contributed by atoms with E-state index in [1.807, 2.05) is 7.05 Å². The van der Waals surface area contributed by atoms with Gasteiger partial charge in [-0.2, -0.15) is 0 Å². The Morgan fingerprint density at radius 2 is 0.926 bits per heavy atom. The molecule has 36 nitrogen and oxygen atoms in total. The van der Waals surface area contributed by atoms with Gasteiger partial charge in [-0.1, -0.05) is 24.3 Å². The Morgan fingerprint density at radius 1 is 0.519 bits per heavy atom. The Hall–Kier alpha value is -16.5. The summed E-state index contributed by atoms with van der Waals surface area (Å²) in [5.74, 6) is 3.31. The number of benzene rings is 9. The highest BCUT2D eigenvalue weighted by Gasteiger charge is 2.35. The van der Waals surface area contributed by atoms with E-state index in [0.717, 1.165) is 19.6 Å². The maximum absolute atomic E-state index is 14.0. The van der Waals surface area contributed by atoms with Gasteiger partial charge < -0.3 is 79.9 Å². The molecule has 1 fully saturated rings. The number of amides is 3. The van der Waals surface area contributed by atoms with E-state index in [1.54, 1.807) is 240 Å². The fourth-order valence-corrected chi connectivity index (χ4v) is 13.8. The van der Waals surface area contributed by atoms with Gasteiger partial charge in [0.15, 0.2) is 22.9 Å². The Morgan fingerprint density at radius 3 is 1.34 bits per heavy atom. The number of nitrogens with zero attached hydrogens (tertiary/aromatic N) is 14. The molecule has 2 aliphatic rings. The molecule has 14 aromatic rings. The van der Waals surface area contributed by atoms with Crippen molar-refractivity contribution < 1.29 is 89.8 Å². The van der Waals surface area contributed by atoms with Crippen molar-refractivity contribution in [3.05, 3.63) is 275 Å². The molecule has 9 aromatic carbocycles. The number of hydrogen-bond acceptors (Lipinski definition) is 28. The SMILES string of the molecule is CN(C/C=C/C(=O)O)C1CCOC1.CNc1cc(-n2c(=O)n(-c3ccc(Oc4cccc(F)c4)cc3)c3c(N)ncnc32)ccc1OC.COc1ccc(-n2c(=O)n(-c3ccc(Oc4cccc(F)c4)cc3)c3c(N)ncnc32)cc1N(C)C(=O)OC(C)(C)C.COc1ccc(N2C(=O)Cc3c(N)ncnc32)cc1N(C)C(=O)OC(C)(C)C.O[B]Oc1ccc(Oc2cccc(F)c2)cc1. The van der Waals surface area contributed by atoms with Crippen LogP contribution in [0.3, 0.4) is 0 Å². The van der Waals surface area contributed by atoms with Crippen molar-refractivity contribution in [2.45, 2.75) is 71.6 Å². The van der Waals surface area contributed by atoms with Crippen LogP contribution < -0.4 is 81.7 Å². The zero-order valence-electron chi connectivity index (χ0n) is 75.7. The first kappa shape index (κ1) is 97.6. The van der Waals surface area contributed by atoms with Gasteiger partial charge >= 0.3 is 37.2 Å². The molecule has 7 heterocycles. The molecule has 0 spiro atoms. The topological polar surface area (TPSA) is 435 Å². The van der Waals surface area contributed by atoms with Gasteiger partial charge in [-0.05, 0) is 219 Å². The Labute approximate surface area is 772 Å². The van der Waals surface area contributed by atoms with Crippen LogP contribution in [0.2, 0.25) is 0 Å². The normalized spacial score (nSPS) is 12.6. The minimum atomic E-state index is -0.893. The van der Waals surface area contributed by atoms with Crippen LogP contribution in [0.5, 0.6) is 57.5 Å². The van der Waals surface area contributed by atoms with E-state index >= 15 is 0 Å². The van der Waals surface area contributed by atoms with E-state index in [-0.39, 0.29) is 46.9 Å². The van der Waals surface area contributed by atoms with E-state index in [4.69, 9.17) is 74.6 Å². The van der Waals surface area contributed by atoms with Crippen LogP contribution in [0.1, 0.15) is 53.5 Å². The number of imidazole rings is 2. The number of nitrogens with one attached hydrogen (secondary N) is 1. The number of hydrogen-bond donors (Lipinski definition) is 6. The molecule has 2 aliphatic heterocycles. The summed E-state index contributed by atoms with van der Waals surface area (Å²) >= 11 is 0. The molecule has 699 valence electrons. The average molecular weight is 1850 g/mol. The lowest BCUT2D eigenvalue weighted by Gasteiger charge is -2.26. The van der Waals surface area contributed by atoms with E-state index in [1.165, 1.54) is 109 Å². The fourth-order valence-electron chi connectivity index (χ4n) is 13.8. The van der Waals surface area contributed by atoms with E-state index in [0.29, 0.717) is 151 Å². The molecule has 0 aliphatic carbocycles. The van der Waals surface area contributed by atoms with Gasteiger partial charge in [-0.25, -0.2) is 76.2 Å². The van der Waals surface area contributed by atoms with Crippen molar-refractivity contribution in [2.24, 2.45) is 0 Å². The van der Waals surface area contributed by atoms with Gasteiger partial charge in [0, 0.05) is 70.2 Å². The number of carboxylic acids is 1. The maximum atomic E-state index is 14.0. The smallest absolute Gasteiger partial charge is 0.537 e. The summed E-state index contributed by atoms with van der Waals surface area (Å²) in [4.78, 5) is 107. The highest BCUT2D eigenvalue weighted by atomic mass is 19.1. The molecule has 5 aromatic heterocycles. The van der Waals surface area contributed by atoms with Crippen molar-refractivity contribution in [3.63, 3.8) is 0 Å². The van der Waals surface area contributed by atoms with Crippen LogP contribution in [0.25, 0.3) is 45.1 Å². The predicted octanol–water partition coefficient (Wildman–Crippen LogP) is 15.1. The lowest BCUT2D eigenvalue weighted by molar-refractivity contribution is -0.131. The fraction of sp³-hybridized carbons (Fsp3) is 0.221. The van der Waals surface area contributed by atoms with Crippen molar-refractivity contribution in [2.75, 3.05) is 106 Å².